The van der Waals surface area contributed by atoms with E-state index >= 15 is 0 Å². The van der Waals surface area contributed by atoms with Crippen LogP contribution in [0.25, 0.3) is 0 Å². The first-order valence-electron chi connectivity index (χ1n) is 8.47. The Bertz CT molecular complexity index is 739. The number of hydrogen-bond acceptors (Lipinski definition) is 6. The predicted octanol–water partition coefficient (Wildman–Crippen LogP) is 2.31. The molecule has 26 heavy (non-hydrogen) atoms. The van der Waals surface area contributed by atoms with Gasteiger partial charge < -0.3 is 19.9 Å². The van der Waals surface area contributed by atoms with E-state index in [9.17, 15) is 5.11 Å². The lowest BCUT2D eigenvalue weighted by Crippen LogP contribution is -2.46. The first-order chi connectivity index (χ1) is 12.4. The topological polar surface area (TPSA) is 87.4 Å². The minimum absolute atomic E-state index is 0.0668. The molecule has 0 amide bonds. The molecular formula is C20H25N3O3. The molecule has 6 nitrogen and oxygen atoms in total. The number of aromatic nitrogens is 1. The minimum atomic E-state index is -0.710. The van der Waals surface area contributed by atoms with E-state index in [0.717, 1.165) is 12.2 Å². The SMILES string of the molecule is COc1ccc(CC(C)(C)NCC(O)COc2ncccc2C#N)cc1. The molecule has 1 unspecified atom stereocenters. The Hall–Kier alpha value is -2.62. The number of ether oxygens (including phenoxy) is 2. The number of aliphatic hydroxyl groups excluding tert-OH is 1. The normalized spacial score (nSPS) is 12.3. The van der Waals surface area contributed by atoms with Gasteiger partial charge in [-0.25, -0.2) is 4.98 Å². The molecule has 1 aromatic carbocycles. The highest BCUT2D eigenvalue weighted by Gasteiger charge is 2.20. The van der Waals surface area contributed by atoms with Gasteiger partial charge in [0.1, 0.15) is 30.1 Å². The molecule has 1 atom stereocenters. The molecule has 0 radical (unpaired) electrons. The third kappa shape index (κ3) is 6.03. The molecule has 0 bridgehead atoms. The average molecular weight is 355 g/mol. The molecule has 2 rings (SSSR count). The second-order valence-corrected chi connectivity index (χ2v) is 6.72. The predicted molar refractivity (Wildman–Crippen MR) is 99.2 cm³/mol. The van der Waals surface area contributed by atoms with Gasteiger partial charge in [0, 0.05) is 18.3 Å². The zero-order valence-electron chi connectivity index (χ0n) is 15.4. The van der Waals surface area contributed by atoms with Crippen molar-refractivity contribution in [1.29, 1.82) is 5.26 Å². The van der Waals surface area contributed by atoms with E-state index in [1.807, 2.05) is 30.3 Å². The molecule has 0 aliphatic heterocycles. The number of β-amino-alcohol motifs (C(OH)–C–C–N with tert-alkyl or cyclic N) is 1. The monoisotopic (exact) mass is 355 g/mol. The Morgan fingerprint density at radius 1 is 1.27 bits per heavy atom. The van der Waals surface area contributed by atoms with Gasteiger partial charge >= 0.3 is 0 Å². The fourth-order valence-electron chi connectivity index (χ4n) is 2.54. The van der Waals surface area contributed by atoms with E-state index in [-0.39, 0.29) is 18.0 Å². The molecule has 0 saturated carbocycles. The molecular weight excluding hydrogens is 330 g/mol. The van der Waals surface area contributed by atoms with Gasteiger partial charge in [0.05, 0.1) is 7.11 Å². The van der Waals surface area contributed by atoms with Gasteiger partial charge in [-0.05, 0) is 50.1 Å². The van der Waals surface area contributed by atoms with E-state index in [4.69, 9.17) is 14.7 Å². The summed E-state index contributed by atoms with van der Waals surface area (Å²) in [6.45, 7) is 4.60. The summed E-state index contributed by atoms with van der Waals surface area (Å²) >= 11 is 0. The quantitative estimate of drug-likeness (QED) is 0.718. The van der Waals surface area contributed by atoms with E-state index in [1.165, 1.54) is 5.56 Å². The molecule has 2 aromatic rings. The number of nitrogens with zero attached hydrogens (tertiary/aromatic N) is 2. The minimum Gasteiger partial charge on any atom is -0.497 e. The molecule has 0 spiro atoms. The second-order valence-electron chi connectivity index (χ2n) is 6.72. The van der Waals surface area contributed by atoms with Crippen LogP contribution in [0.5, 0.6) is 11.6 Å². The Labute approximate surface area is 154 Å². The van der Waals surface area contributed by atoms with E-state index in [0.29, 0.717) is 12.1 Å². The first kappa shape index (κ1) is 19.7. The Kier molecular flexibility index (Phi) is 6.96. The second kappa shape index (κ2) is 9.18. The number of rotatable bonds is 9. The van der Waals surface area contributed by atoms with Crippen molar-refractivity contribution in [3.05, 3.63) is 53.7 Å². The summed E-state index contributed by atoms with van der Waals surface area (Å²) in [6, 6.07) is 13.3. The number of hydrogen-bond donors (Lipinski definition) is 2. The maximum Gasteiger partial charge on any atom is 0.231 e. The summed E-state index contributed by atoms with van der Waals surface area (Å²) in [5.74, 6) is 1.07. The van der Waals surface area contributed by atoms with E-state index in [1.54, 1.807) is 25.4 Å². The Morgan fingerprint density at radius 2 is 2.00 bits per heavy atom. The maximum absolute atomic E-state index is 10.2. The Morgan fingerprint density at radius 3 is 2.65 bits per heavy atom. The lowest BCUT2D eigenvalue weighted by molar-refractivity contribution is 0.0964. The van der Waals surface area contributed by atoms with Crippen LogP contribution in [0.15, 0.2) is 42.6 Å². The van der Waals surface area contributed by atoms with Gasteiger partial charge in [0.25, 0.3) is 0 Å². The van der Waals surface area contributed by atoms with Crippen LogP contribution in [0.4, 0.5) is 0 Å². The molecule has 2 N–H and O–H groups in total. The summed E-state index contributed by atoms with van der Waals surface area (Å²) in [6.07, 6.45) is 1.65. The van der Waals surface area contributed by atoms with Crippen molar-refractivity contribution in [3.8, 4) is 17.7 Å². The molecule has 0 saturated heterocycles. The number of nitrogens with one attached hydrogen (secondary N) is 1. The summed E-state index contributed by atoms with van der Waals surface area (Å²) in [5, 5.41) is 22.5. The standard InChI is InChI=1S/C20H25N3O3/c1-20(2,11-15-6-8-18(25-3)9-7-15)23-13-17(24)14-26-19-16(12-21)5-4-10-22-19/h4-10,17,23-24H,11,13-14H2,1-3H3. The molecule has 6 heteroatoms. The van der Waals surface area contributed by atoms with E-state index < -0.39 is 6.10 Å². The summed E-state index contributed by atoms with van der Waals surface area (Å²) < 4.78 is 10.6. The number of nitriles is 1. The van der Waals surface area contributed by atoms with Crippen LogP contribution in [0.1, 0.15) is 25.0 Å². The van der Waals surface area contributed by atoms with Gasteiger partial charge in [-0.3, -0.25) is 0 Å². The molecule has 0 aliphatic carbocycles. The van der Waals surface area contributed by atoms with Crippen LogP contribution in [-0.2, 0) is 6.42 Å². The highest BCUT2D eigenvalue weighted by atomic mass is 16.5. The van der Waals surface area contributed by atoms with Gasteiger partial charge in [-0.15, -0.1) is 0 Å². The van der Waals surface area contributed by atoms with Gasteiger partial charge in [-0.1, -0.05) is 12.1 Å². The van der Waals surface area contributed by atoms with Crippen LogP contribution in [-0.4, -0.2) is 42.0 Å². The van der Waals surface area contributed by atoms with E-state index in [2.05, 4.69) is 24.1 Å². The van der Waals surface area contributed by atoms with Crippen molar-refractivity contribution in [3.63, 3.8) is 0 Å². The van der Waals surface area contributed by atoms with Crippen LogP contribution in [0.2, 0.25) is 0 Å². The van der Waals surface area contributed by atoms with Crippen molar-refractivity contribution in [2.45, 2.75) is 31.9 Å². The third-order valence-corrected chi connectivity index (χ3v) is 3.93. The fraction of sp³-hybridized carbons (Fsp3) is 0.400. The van der Waals surface area contributed by atoms with Crippen LogP contribution in [0, 0.1) is 11.3 Å². The highest BCUT2D eigenvalue weighted by Crippen LogP contribution is 2.17. The molecule has 1 aromatic heterocycles. The average Bonchev–Trinajstić information content (AvgIpc) is 2.65. The maximum atomic E-state index is 10.2. The Balaban J connectivity index is 1.81. The smallest absolute Gasteiger partial charge is 0.231 e. The van der Waals surface area contributed by atoms with Crippen molar-refractivity contribution in [1.82, 2.24) is 10.3 Å². The lowest BCUT2D eigenvalue weighted by atomic mass is 9.94. The zero-order chi connectivity index (χ0) is 19.0. The highest BCUT2D eigenvalue weighted by molar-refractivity contribution is 5.37. The summed E-state index contributed by atoms with van der Waals surface area (Å²) in [7, 11) is 1.65. The third-order valence-electron chi connectivity index (χ3n) is 3.93. The van der Waals surface area contributed by atoms with Crippen molar-refractivity contribution < 1.29 is 14.6 Å². The lowest BCUT2D eigenvalue weighted by Gasteiger charge is -2.28. The first-order valence-corrected chi connectivity index (χ1v) is 8.47. The van der Waals surface area contributed by atoms with Crippen molar-refractivity contribution in [2.75, 3.05) is 20.3 Å². The number of benzene rings is 1. The van der Waals surface area contributed by atoms with Crippen LogP contribution < -0.4 is 14.8 Å². The number of pyridine rings is 1. The van der Waals surface area contributed by atoms with Gasteiger partial charge in [0.2, 0.25) is 5.88 Å². The summed E-state index contributed by atoms with van der Waals surface area (Å²) in [4.78, 5) is 4.01. The number of methoxy groups -OCH3 is 1. The zero-order valence-corrected chi connectivity index (χ0v) is 15.4. The molecule has 138 valence electrons. The molecule has 1 heterocycles. The largest absolute Gasteiger partial charge is 0.497 e. The number of aliphatic hydroxyl groups is 1. The van der Waals surface area contributed by atoms with Gasteiger partial charge in [-0.2, -0.15) is 5.26 Å². The molecule has 0 fully saturated rings. The van der Waals surface area contributed by atoms with Gasteiger partial charge in [0.15, 0.2) is 0 Å². The van der Waals surface area contributed by atoms with Crippen molar-refractivity contribution >= 4 is 0 Å². The van der Waals surface area contributed by atoms with Crippen LogP contribution >= 0.6 is 0 Å². The van der Waals surface area contributed by atoms with Crippen molar-refractivity contribution in [2.24, 2.45) is 0 Å². The molecule has 0 aliphatic rings. The van der Waals surface area contributed by atoms with Crippen LogP contribution in [0.3, 0.4) is 0 Å². The fourth-order valence-corrected chi connectivity index (χ4v) is 2.54. The summed E-state index contributed by atoms with van der Waals surface area (Å²) in [5.41, 5.74) is 1.34.